The predicted octanol–water partition coefficient (Wildman–Crippen LogP) is 1.47. The van der Waals surface area contributed by atoms with Crippen LogP contribution in [0.2, 0.25) is 0 Å². The van der Waals surface area contributed by atoms with Crippen molar-refractivity contribution in [2.24, 2.45) is 0 Å². The molecule has 1 heterocycles. The number of hydrogen-bond donors (Lipinski definition) is 1. The molecule has 0 spiro atoms. The van der Waals surface area contributed by atoms with Crippen LogP contribution in [0.25, 0.3) is 0 Å². The second-order valence-electron chi connectivity index (χ2n) is 3.11. The van der Waals surface area contributed by atoms with Gasteiger partial charge in [0.05, 0.1) is 7.11 Å². The lowest BCUT2D eigenvalue weighted by Gasteiger charge is -2.09. The van der Waals surface area contributed by atoms with Gasteiger partial charge in [-0.1, -0.05) is 6.92 Å². The molecule has 0 radical (unpaired) electrons. The number of hydrogen-bond acceptors (Lipinski definition) is 4. The first kappa shape index (κ1) is 11.8. The van der Waals surface area contributed by atoms with Crippen molar-refractivity contribution < 1.29 is 9.47 Å². The largest absolute Gasteiger partial charge is 0.491 e. The van der Waals surface area contributed by atoms with Gasteiger partial charge in [-0.25, -0.2) is 4.98 Å². The van der Waals surface area contributed by atoms with Crippen LogP contribution in [0.3, 0.4) is 0 Å². The number of aromatic nitrogens is 1. The number of ether oxygens (including phenoxy) is 2. The van der Waals surface area contributed by atoms with Crippen molar-refractivity contribution in [3.8, 4) is 11.6 Å². The Bertz CT molecular complexity index is 279. The Morgan fingerprint density at radius 2 is 2.27 bits per heavy atom. The molecule has 0 fully saturated rings. The summed E-state index contributed by atoms with van der Waals surface area (Å²) < 4.78 is 10.6. The van der Waals surface area contributed by atoms with Gasteiger partial charge in [-0.05, 0) is 25.1 Å². The van der Waals surface area contributed by atoms with Crippen LogP contribution in [0.15, 0.2) is 18.3 Å². The Morgan fingerprint density at radius 1 is 1.40 bits per heavy atom. The fourth-order valence-electron chi connectivity index (χ4n) is 1.16. The van der Waals surface area contributed by atoms with E-state index in [1.165, 1.54) is 0 Å². The maximum atomic E-state index is 5.48. The van der Waals surface area contributed by atoms with Crippen LogP contribution in [0.1, 0.15) is 13.3 Å². The van der Waals surface area contributed by atoms with Crippen molar-refractivity contribution in [3.05, 3.63) is 18.3 Å². The quantitative estimate of drug-likeness (QED) is 0.692. The molecule has 4 nitrogen and oxygen atoms in total. The summed E-state index contributed by atoms with van der Waals surface area (Å²) in [6.07, 6.45) is 2.82. The minimum Gasteiger partial charge on any atom is -0.491 e. The zero-order chi connectivity index (χ0) is 10.9. The van der Waals surface area contributed by atoms with Crippen LogP contribution < -0.4 is 14.8 Å². The molecule has 0 unspecified atom stereocenters. The molecular formula is C11H18N2O2. The number of methoxy groups -OCH3 is 1. The molecule has 1 aromatic rings. The third kappa shape index (κ3) is 4.16. The number of rotatable bonds is 7. The molecule has 1 N–H and O–H groups in total. The molecule has 0 aliphatic rings. The Balaban J connectivity index is 2.30. The zero-order valence-corrected chi connectivity index (χ0v) is 9.32. The van der Waals surface area contributed by atoms with E-state index >= 15 is 0 Å². The summed E-state index contributed by atoms with van der Waals surface area (Å²) in [6.45, 7) is 4.58. The summed E-state index contributed by atoms with van der Waals surface area (Å²) in [4.78, 5) is 4.09. The van der Waals surface area contributed by atoms with Gasteiger partial charge in [0.25, 0.3) is 5.88 Å². The minimum atomic E-state index is 0.554. The summed E-state index contributed by atoms with van der Waals surface area (Å²) in [7, 11) is 1.61. The molecule has 0 saturated heterocycles. The van der Waals surface area contributed by atoms with Gasteiger partial charge in [0, 0.05) is 12.7 Å². The monoisotopic (exact) mass is 210 g/mol. The molecule has 4 heteroatoms. The van der Waals surface area contributed by atoms with Crippen LogP contribution in [0, 0.1) is 0 Å². The Morgan fingerprint density at radius 3 is 3.00 bits per heavy atom. The highest BCUT2D eigenvalue weighted by Gasteiger charge is 2.02. The Labute approximate surface area is 90.6 Å². The van der Waals surface area contributed by atoms with Crippen LogP contribution in [-0.2, 0) is 0 Å². The van der Waals surface area contributed by atoms with Gasteiger partial charge in [-0.15, -0.1) is 0 Å². The summed E-state index contributed by atoms with van der Waals surface area (Å²) in [6, 6.07) is 3.66. The van der Waals surface area contributed by atoms with Crippen LogP contribution in [0.4, 0.5) is 0 Å². The van der Waals surface area contributed by atoms with E-state index in [-0.39, 0.29) is 0 Å². The number of pyridine rings is 1. The average Bonchev–Trinajstić information content (AvgIpc) is 2.29. The summed E-state index contributed by atoms with van der Waals surface area (Å²) >= 11 is 0. The second-order valence-corrected chi connectivity index (χ2v) is 3.11. The van der Waals surface area contributed by atoms with E-state index in [1.807, 2.05) is 12.1 Å². The van der Waals surface area contributed by atoms with Gasteiger partial charge < -0.3 is 14.8 Å². The zero-order valence-electron chi connectivity index (χ0n) is 9.32. The first-order chi connectivity index (χ1) is 7.38. The topological polar surface area (TPSA) is 43.4 Å². The normalized spacial score (nSPS) is 10.0. The minimum absolute atomic E-state index is 0.554. The van der Waals surface area contributed by atoms with E-state index in [1.54, 1.807) is 13.3 Å². The third-order valence-electron chi connectivity index (χ3n) is 1.90. The van der Waals surface area contributed by atoms with Crippen molar-refractivity contribution in [2.45, 2.75) is 13.3 Å². The summed E-state index contributed by atoms with van der Waals surface area (Å²) in [5.41, 5.74) is 0. The molecule has 1 aromatic heterocycles. The lowest BCUT2D eigenvalue weighted by molar-refractivity contribution is 0.281. The lowest BCUT2D eigenvalue weighted by atomic mass is 10.4. The fourth-order valence-corrected chi connectivity index (χ4v) is 1.16. The molecule has 0 aliphatic carbocycles. The highest BCUT2D eigenvalue weighted by atomic mass is 16.5. The van der Waals surface area contributed by atoms with Crippen molar-refractivity contribution in [3.63, 3.8) is 0 Å². The molecule has 0 amide bonds. The second kappa shape index (κ2) is 7.06. The van der Waals surface area contributed by atoms with Crippen molar-refractivity contribution in [2.75, 3.05) is 26.8 Å². The Hall–Kier alpha value is -1.29. The molecule has 0 atom stereocenters. The lowest BCUT2D eigenvalue weighted by Crippen LogP contribution is -2.21. The molecule has 1 rings (SSSR count). The van der Waals surface area contributed by atoms with E-state index in [4.69, 9.17) is 9.47 Å². The standard InChI is InChI=1S/C11H18N2O2/c1-3-6-12-8-9-15-11-10(14-2)5-4-7-13-11/h4-5,7,12H,3,6,8-9H2,1-2H3. The van der Waals surface area contributed by atoms with Crippen molar-refractivity contribution in [1.29, 1.82) is 0 Å². The summed E-state index contributed by atoms with van der Waals surface area (Å²) in [5.74, 6) is 1.23. The van der Waals surface area contributed by atoms with Gasteiger partial charge in [0.2, 0.25) is 0 Å². The number of nitrogens with zero attached hydrogens (tertiary/aromatic N) is 1. The van der Waals surface area contributed by atoms with Crippen LogP contribution in [-0.4, -0.2) is 31.8 Å². The highest BCUT2D eigenvalue weighted by Crippen LogP contribution is 2.22. The average molecular weight is 210 g/mol. The molecule has 0 bridgehead atoms. The molecule has 0 aliphatic heterocycles. The van der Waals surface area contributed by atoms with Gasteiger partial charge in [0.1, 0.15) is 6.61 Å². The first-order valence-electron chi connectivity index (χ1n) is 5.21. The molecular weight excluding hydrogens is 192 g/mol. The Kier molecular flexibility index (Phi) is 5.55. The molecule has 84 valence electrons. The predicted molar refractivity (Wildman–Crippen MR) is 59.4 cm³/mol. The first-order valence-corrected chi connectivity index (χ1v) is 5.21. The maximum Gasteiger partial charge on any atom is 0.257 e. The van der Waals surface area contributed by atoms with Crippen molar-refractivity contribution in [1.82, 2.24) is 10.3 Å². The van der Waals surface area contributed by atoms with Gasteiger partial charge >= 0.3 is 0 Å². The SMILES string of the molecule is CCCNCCOc1ncccc1OC. The fraction of sp³-hybridized carbons (Fsp3) is 0.545. The smallest absolute Gasteiger partial charge is 0.257 e. The van der Waals surface area contributed by atoms with Crippen LogP contribution in [0.5, 0.6) is 11.6 Å². The third-order valence-corrected chi connectivity index (χ3v) is 1.90. The van der Waals surface area contributed by atoms with Crippen molar-refractivity contribution >= 4 is 0 Å². The van der Waals surface area contributed by atoms with Gasteiger partial charge in [-0.3, -0.25) is 0 Å². The molecule has 0 saturated carbocycles. The highest BCUT2D eigenvalue weighted by molar-refractivity contribution is 5.32. The maximum absolute atomic E-state index is 5.48. The molecule has 15 heavy (non-hydrogen) atoms. The number of nitrogens with one attached hydrogen (secondary N) is 1. The van der Waals surface area contributed by atoms with Crippen LogP contribution >= 0.6 is 0 Å². The van der Waals surface area contributed by atoms with E-state index < -0.39 is 0 Å². The van der Waals surface area contributed by atoms with Gasteiger partial charge in [-0.2, -0.15) is 0 Å². The van der Waals surface area contributed by atoms with E-state index in [2.05, 4.69) is 17.2 Å². The van der Waals surface area contributed by atoms with E-state index in [0.717, 1.165) is 19.5 Å². The summed E-state index contributed by atoms with van der Waals surface area (Å²) in [5, 5.41) is 3.25. The van der Waals surface area contributed by atoms with E-state index in [9.17, 15) is 0 Å². The molecule has 0 aromatic carbocycles. The van der Waals surface area contributed by atoms with E-state index in [0.29, 0.717) is 18.2 Å². The van der Waals surface area contributed by atoms with Gasteiger partial charge in [0.15, 0.2) is 5.75 Å².